The average Bonchev–Trinajstić information content (AvgIpc) is 2.79. The van der Waals surface area contributed by atoms with Crippen molar-refractivity contribution in [1.29, 1.82) is 0 Å². The Balaban J connectivity index is 1.31. The number of pyridine rings is 2. The van der Waals surface area contributed by atoms with E-state index in [1.165, 1.54) is 24.5 Å². The first kappa shape index (κ1) is 21.8. The molecule has 2 aromatic heterocycles. The lowest BCUT2D eigenvalue weighted by atomic mass is 10.1. The van der Waals surface area contributed by atoms with Crippen LogP contribution >= 0.6 is 0 Å². The van der Waals surface area contributed by atoms with Crippen LogP contribution in [0.1, 0.15) is 0 Å². The van der Waals surface area contributed by atoms with Crippen LogP contribution in [0.5, 0.6) is 0 Å². The lowest BCUT2D eigenvalue weighted by Gasteiger charge is -2.19. The number of rotatable bonds is 8. The van der Waals surface area contributed by atoms with Gasteiger partial charge in [0.15, 0.2) is 23.3 Å². The molecule has 0 aliphatic heterocycles. The standard InChI is InChI=1S/C23H21F4N5/c1-32(12-10-28-18-6-8-30-22-14(18)2-4-16(24)20(22)26)13-11-29-19-7-9-31-23-15(19)3-5-17(25)21(23)27/h2-9H,10-13H2,1H3,(H,28,30)(H,29,31). The lowest BCUT2D eigenvalue weighted by Crippen LogP contribution is -2.29. The first-order valence-corrected chi connectivity index (χ1v) is 10.1. The van der Waals surface area contributed by atoms with E-state index in [1.807, 2.05) is 7.05 Å². The van der Waals surface area contributed by atoms with Crippen LogP contribution in [0.4, 0.5) is 28.9 Å². The predicted octanol–water partition coefficient (Wildman–Crippen LogP) is 4.80. The molecule has 0 amide bonds. The minimum absolute atomic E-state index is 0.00606. The van der Waals surface area contributed by atoms with Gasteiger partial charge in [0, 0.05) is 60.7 Å². The highest BCUT2D eigenvalue weighted by Crippen LogP contribution is 2.26. The molecule has 0 bridgehead atoms. The number of nitrogens with zero attached hydrogens (tertiary/aromatic N) is 3. The van der Waals surface area contributed by atoms with Crippen molar-refractivity contribution in [3.8, 4) is 0 Å². The Labute approximate surface area is 182 Å². The molecule has 0 saturated carbocycles. The van der Waals surface area contributed by atoms with E-state index in [0.29, 0.717) is 48.3 Å². The Bertz CT molecular complexity index is 1170. The zero-order valence-electron chi connectivity index (χ0n) is 17.3. The fourth-order valence-electron chi connectivity index (χ4n) is 3.50. The van der Waals surface area contributed by atoms with E-state index in [1.54, 1.807) is 12.1 Å². The first-order chi connectivity index (χ1) is 15.5. The second-order valence-electron chi connectivity index (χ2n) is 7.39. The molecule has 4 rings (SSSR count). The Morgan fingerprint density at radius 1 is 0.688 bits per heavy atom. The molecule has 2 heterocycles. The zero-order chi connectivity index (χ0) is 22.7. The van der Waals surface area contributed by atoms with Crippen molar-refractivity contribution >= 4 is 33.2 Å². The van der Waals surface area contributed by atoms with Gasteiger partial charge in [-0.3, -0.25) is 9.97 Å². The summed E-state index contributed by atoms with van der Waals surface area (Å²) in [5, 5.41) is 7.50. The number of aromatic nitrogens is 2. The van der Waals surface area contributed by atoms with Gasteiger partial charge in [0.1, 0.15) is 11.0 Å². The van der Waals surface area contributed by atoms with Crippen molar-refractivity contribution in [3.05, 3.63) is 72.1 Å². The topological polar surface area (TPSA) is 53.1 Å². The molecule has 5 nitrogen and oxygen atoms in total. The molecule has 32 heavy (non-hydrogen) atoms. The summed E-state index contributed by atoms with van der Waals surface area (Å²) in [6, 6.07) is 8.63. The van der Waals surface area contributed by atoms with Crippen LogP contribution in [0.3, 0.4) is 0 Å². The van der Waals surface area contributed by atoms with Crippen LogP contribution in [0.2, 0.25) is 0 Å². The third-order valence-electron chi connectivity index (χ3n) is 5.23. The van der Waals surface area contributed by atoms with Gasteiger partial charge in [-0.2, -0.15) is 0 Å². The summed E-state index contributed by atoms with van der Waals surface area (Å²) >= 11 is 0. The van der Waals surface area contributed by atoms with E-state index in [4.69, 9.17) is 0 Å². The highest BCUT2D eigenvalue weighted by molar-refractivity contribution is 5.92. The molecule has 0 aliphatic carbocycles. The second-order valence-corrected chi connectivity index (χ2v) is 7.39. The van der Waals surface area contributed by atoms with Crippen molar-refractivity contribution in [2.75, 3.05) is 43.9 Å². The molecule has 0 saturated heterocycles. The normalized spacial score (nSPS) is 11.4. The summed E-state index contributed by atoms with van der Waals surface area (Å²) in [5.74, 6) is -3.77. The predicted molar refractivity (Wildman–Crippen MR) is 118 cm³/mol. The average molecular weight is 443 g/mol. The van der Waals surface area contributed by atoms with Crippen LogP contribution in [0.15, 0.2) is 48.8 Å². The van der Waals surface area contributed by atoms with E-state index >= 15 is 0 Å². The minimum atomic E-state index is -0.958. The quantitative estimate of drug-likeness (QED) is 0.384. The van der Waals surface area contributed by atoms with Gasteiger partial charge in [0.25, 0.3) is 0 Å². The number of benzene rings is 2. The lowest BCUT2D eigenvalue weighted by molar-refractivity contribution is 0.361. The van der Waals surface area contributed by atoms with Gasteiger partial charge in [-0.1, -0.05) is 0 Å². The van der Waals surface area contributed by atoms with Gasteiger partial charge >= 0.3 is 0 Å². The number of hydrogen-bond donors (Lipinski definition) is 2. The largest absolute Gasteiger partial charge is 0.383 e. The molecule has 0 fully saturated rings. The summed E-state index contributed by atoms with van der Waals surface area (Å²) in [5.41, 5.74) is 1.35. The molecule has 0 aliphatic rings. The SMILES string of the molecule is CN(CCNc1ccnc2c(F)c(F)ccc12)CCNc1ccnc2c(F)c(F)ccc12. The van der Waals surface area contributed by atoms with Gasteiger partial charge in [-0.15, -0.1) is 0 Å². The van der Waals surface area contributed by atoms with Gasteiger partial charge in [-0.25, -0.2) is 17.6 Å². The summed E-state index contributed by atoms with van der Waals surface area (Å²) in [6.07, 6.45) is 2.88. The number of nitrogens with one attached hydrogen (secondary N) is 2. The molecule has 9 heteroatoms. The van der Waals surface area contributed by atoms with Crippen LogP contribution < -0.4 is 10.6 Å². The van der Waals surface area contributed by atoms with E-state index < -0.39 is 23.3 Å². The smallest absolute Gasteiger partial charge is 0.185 e. The van der Waals surface area contributed by atoms with Crippen molar-refractivity contribution < 1.29 is 17.6 Å². The molecule has 0 radical (unpaired) electrons. The van der Waals surface area contributed by atoms with Crippen LogP contribution in [-0.2, 0) is 0 Å². The number of likely N-dealkylation sites (N-methyl/N-ethyl adjacent to an activating group) is 1. The highest BCUT2D eigenvalue weighted by Gasteiger charge is 2.12. The minimum Gasteiger partial charge on any atom is -0.383 e. The number of fused-ring (bicyclic) bond motifs is 2. The number of anilines is 2. The maximum Gasteiger partial charge on any atom is 0.185 e. The third kappa shape index (κ3) is 4.43. The maximum absolute atomic E-state index is 13.9. The van der Waals surface area contributed by atoms with Gasteiger partial charge < -0.3 is 15.5 Å². The van der Waals surface area contributed by atoms with Crippen LogP contribution in [0, 0.1) is 23.3 Å². The molecular formula is C23H21F4N5. The summed E-state index contributed by atoms with van der Waals surface area (Å²) in [4.78, 5) is 9.92. The Morgan fingerprint density at radius 3 is 1.56 bits per heavy atom. The summed E-state index contributed by atoms with van der Waals surface area (Å²) in [7, 11) is 1.95. The molecule has 166 valence electrons. The molecule has 0 atom stereocenters. The summed E-state index contributed by atoms with van der Waals surface area (Å²) < 4.78 is 54.7. The highest BCUT2D eigenvalue weighted by atomic mass is 19.2. The van der Waals surface area contributed by atoms with Crippen LogP contribution in [0.25, 0.3) is 21.8 Å². The van der Waals surface area contributed by atoms with Crippen molar-refractivity contribution in [3.63, 3.8) is 0 Å². The number of halogens is 4. The Morgan fingerprint density at radius 2 is 1.12 bits per heavy atom. The fraction of sp³-hybridized carbons (Fsp3) is 0.217. The fourth-order valence-corrected chi connectivity index (χ4v) is 3.50. The van der Waals surface area contributed by atoms with Gasteiger partial charge in [0.2, 0.25) is 0 Å². The van der Waals surface area contributed by atoms with Crippen molar-refractivity contribution in [1.82, 2.24) is 14.9 Å². The molecule has 2 aromatic carbocycles. The Hall–Kier alpha value is -3.46. The maximum atomic E-state index is 13.9. The number of hydrogen-bond acceptors (Lipinski definition) is 5. The molecular weight excluding hydrogens is 422 g/mol. The molecule has 2 N–H and O–H groups in total. The van der Waals surface area contributed by atoms with Gasteiger partial charge in [0.05, 0.1) is 0 Å². The van der Waals surface area contributed by atoms with E-state index in [0.717, 1.165) is 12.1 Å². The zero-order valence-corrected chi connectivity index (χ0v) is 17.3. The van der Waals surface area contributed by atoms with Crippen molar-refractivity contribution in [2.45, 2.75) is 0 Å². The van der Waals surface area contributed by atoms with E-state index in [2.05, 4.69) is 25.5 Å². The van der Waals surface area contributed by atoms with Crippen LogP contribution in [-0.4, -0.2) is 48.1 Å². The van der Waals surface area contributed by atoms with E-state index in [9.17, 15) is 17.6 Å². The molecule has 0 unspecified atom stereocenters. The Kier molecular flexibility index (Phi) is 6.36. The third-order valence-corrected chi connectivity index (χ3v) is 5.23. The van der Waals surface area contributed by atoms with E-state index in [-0.39, 0.29) is 11.0 Å². The monoisotopic (exact) mass is 443 g/mol. The summed E-state index contributed by atoms with van der Waals surface area (Å²) in [6.45, 7) is 2.53. The molecule has 4 aromatic rings. The van der Waals surface area contributed by atoms with Gasteiger partial charge in [-0.05, 0) is 43.4 Å². The first-order valence-electron chi connectivity index (χ1n) is 10.1. The van der Waals surface area contributed by atoms with Crippen molar-refractivity contribution in [2.24, 2.45) is 0 Å². The second kappa shape index (κ2) is 9.35. The molecule has 0 spiro atoms.